The first-order chi connectivity index (χ1) is 8.20. The average molecular weight is 238 g/mol. The van der Waals surface area contributed by atoms with E-state index in [-0.39, 0.29) is 0 Å². The molecule has 98 valence electrons. The van der Waals surface area contributed by atoms with Gasteiger partial charge in [-0.25, -0.2) is 0 Å². The quantitative estimate of drug-likeness (QED) is 0.734. The van der Waals surface area contributed by atoms with Crippen LogP contribution in [0.1, 0.15) is 51.0 Å². The lowest BCUT2D eigenvalue weighted by atomic mass is 10.1. The number of hydrogen-bond acceptors (Lipinski definition) is 2. The Balaban J connectivity index is 0.000000302. The van der Waals surface area contributed by atoms with Gasteiger partial charge in [0.15, 0.2) is 0 Å². The molecule has 17 heavy (non-hydrogen) atoms. The maximum atomic E-state index is 8.81. The van der Waals surface area contributed by atoms with Crippen LogP contribution in [-0.4, -0.2) is 16.8 Å². The predicted molar refractivity (Wildman–Crippen MR) is 73.3 cm³/mol. The van der Waals surface area contributed by atoms with E-state index in [9.17, 15) is 0 Å². The van der Waals surface area contributed by atoms with Crippen molar-refractivity contribution in [3.8, 4) is 5.75 Å². The number of aryl methyl sites for hydroxylation is 1. The highest BCUT2D eigenvalue weighted by Crippen LogP contribution is 2.08. The van der Waals surface area contributed by atoms with Crippen molar-refractivity contribution >= 4 is 0 Å². The lowest BCUT2D eigenvalue weighted by molar-refractivity contribution is 0.282. The van der Waals surface area contributed by atoms with Crippen molar-refractivity contribution in [1.29, 1.82) is 0 Å². The smallest absolute Gasteiger partial charge is 0.115 e. The van der Waals surface area contributed by atoms with Crippen molar-refractivity contribution < 1.29 is 10.2 Å². The third kappa shape index (κ3) is 11.2. The van der Waals surface area contributed by atoms with Gasteiger partial charge in [-0.1, -0.05) is 51.2 Å². The number of unbranched alkanes of at least 4 members (excludes halogenated alkanes) is 5. The number of rotatable bonds is 6. The first-order valence-corrected chi connectivity index (χ1v) is 6.57. The average Bonchev–Trinajstić information content (AvgIpc) is 2.29. The molecule has 0 unspecified atom stereocenters. The zero-order chi connectivity index (χ0) is 12.9. The molecule has 0 bridgehead atoms. The number of hydrogen-bond donors (Lipinski definition) is 2. The molecule has 0 aromatic heterocycles. The van der Waals surface area contributed by atoms with E-state index in [0.717, 1.165) is 12.0 Å². The Morgan fingerprint density at radius 2 is 1.65 bits per heavy atom. The molecule has 0 radical (unpaired) electrons. The van der Waals surface area contributed by atoms with Gasteiger partial charge in [0.1, 0.15) is 5.75 Å². The molecule has 0 saturated heterocycles. The normalized spacial score (nSPS) is 9.59. The van der Waals surface area contributed by atoms with E-state index in [1.54, 1.807) is 12.1 Å². The van der Waals surface area contributed by atoms with Crippen molar-refractivity contribution in [2.75, 3.05) is 6.61 Å². The molecule has 2 N–H and O–H groups in total. The highest BCUT2D eigenvalue weighted by Gasteiger charge is 1.86. The van der Waals surface area contributed by atoms with Crippen LogP contribution in [0.2, 0.25) is 0 Å². The van der Waals surface area contributed by atoms with Gasteiger partial charge in [-0.2, -0.15) is 0 Å². The highest BCUT2D eigenvalue weighted by atomic mass is 16.3. The fraction of sp³-hybridized carbons (Fsp3) is 0.600. The fourth-order valence-electron chi connectivity index (χ4n) is 1.52. The minimum Gasteiger partial charge on any atom is -0.508 e. The van der Waals surface area contributed by atoms with Crippen LogP contribution in [-0.2, 0) is 0 Å². The topological polar surface area (TPSA) is 40.5 Å². The summed E-state index contributed by atoms with van der Waals surface area (Å²) in [6.45, 7) is 4.53. The second-order valence-corrected chi connectivity index (χ2v) is 4.33. The standard InChI is InChI=1S/C8H18O.C7H8O/c1-2-3-4-5-6-7-8-9;1-6-3-2-4-7(8)5-6/h9H,2-8H2,1H3;2-5,8H,1H3. The van der Waals surface area contributed by atoms with Crippen LogP contribution < -0.4 is 0 Å². The van der Waals surface area contributed by atoms with Crippen molar-refractivity contribution in [2.45, 2.75) is 52.4 Å². The van der Waals surface area contributed by atoms with Gasteiger partial charge in [0.25, 0.3) is 0 Å². The number of phenols is 1. The Hall–Kier alpha value is -1.02. The van der Waals surface area contributed by atoms with Crippen molar-refractivity contribution in [2.24, 2.45) is 0 Å². The molecule has 0 atom stereocenters. The van der Waals surface area contributed by atoms with Gasteiger partial charge in [-0.05, 0) is 31.0 Å². The van der Waals surface area contributed by atoms with Gasteiger partial charge < -0.3 is 10.2 Å². The molecule has 0 spiro atoms. The van der Waals surface area contributed by atoms with Gasteiger partial charge in [-0.3, -0.25) is 0 Å². The van der Waals surface area contributed by atoms with E-state index in [4.69, 9.17) is 10.2 Å². The molecule has 0 heterocycles. The van der Waals surface area contributed by atoms with E-state index >= 15 is 0 Å². The summed E-state index contributed by atoms with van der Waals surface area (Å²) in [5.74, 6) is 0.338. The Bertz CT molecular complexity index is 248. The van der Waals surface area contributed by atoms with E-state index in [2.05, 4.69) is 6.92 Å². The first-order valence-electron chi connectivity index (χ1n) is 6.57. The Kier molecular flexibility index (Phi) is 10.8. The molecule has 0 fully saturated rings. The zero-order valence-corrected chi connectivity index (χ0v) is 11.2. The molecule has 0 aliphatic rings. The molecule has 2 heteroatoms. The number of aliphatic hydroxyl groups is 1. The maximum absolute atomic E-state index is 8.81. The summed E-state index contributed by atoms with van der Waals surface area (Å²) in [6.07, 6.45) is 7.50. The first kappa shape index (κ1) is 16.0. The third-order valence-electron chi connectivity index (χ3n) is 2.51. The minimum atomic E-state index is 0.338. The molecule has 0 saturated carbocycles. The summed E-state index contributed by atoms with van der Waals surface area (Å²) in [5.41, 5.74) is 1.09. The van der Waals surface area contributed by atoms with Gasteiger partial charge in [0.2, 0.25) is 0 Å². The second-order valence-electron chi connectivity index (χ2n) is 4.33. The number of aromatic hydroxyl groups is 1. The SMILES string of the molecule is CCCCCCCCO.Cc1cccc(O)c1. The molecule has 1 aromatic rings. The number of benzene rings is 1. The molecule has 0 amide bonds. The van der Waals surface area contributed by atoms with Crippen molar-refractivity contribution in [3.63, 3.8) is 0 Å². The van der Waals surface area contributed by atoms with E-state index < -0.39 is 0 Å². The van der Waals surface area contributed by atoms with E-state index in [0.29, 0.717) is 12.4 Å². The lowest BCUT2D eigenvalue weighted by Gasteiger charge is -1.95. The van der Waals surface area contributed by atoms with Gasteiger partial charge in [0.05, 0.1) is 0 Å². The Labute approximate surface area is 105 Å². The van der Waals surface area contributed by atoms with Gasteiger partial charge in [-0.15, -0.1) is 0 Å². The molecular formula is C15H26O2. The maximum Gasteiger partial charge on any atom is 0.115 e. The van der Waals surface area contributed by atoms with Crippen LogP contribution in [0.3, 0.4) is 0 Å². The molecule has 2 nitrogen and oxygen atoms in total. The molecule has 1 aromatic carbocycles. The van der Waals surface area contributed by atoms with Crippen LogP contribution in [0.15, 0.2) is 24.3 Å². The van der Waals surface area contributed by atoms with Crippen LogP contribution >= 0.6 is 0 Å². The van der Waals surface area contributed by atoms with Crippen molar-refractivity contribution in [1.82, 2.24) is 0 Å². The van der Waals surface area contributed by atoms with Crippen LogP contribution in [0.5, 0.6) is 5.75 Å². The summed E-state index contributed by atoms with van der Waals surface area (Å²) in [4.78, 5) is 0. The number of aliphatic hydroxyl groups excluding tert-OH is 1. The Morgan fingerprint density at radius 1 is 1.00 bits per heavy atom. The van der Waals surface area contributed by atoms with Gasteiger partial charge in [0, 0.05) is 6.61 Å². The Morgan fingerprint density at radius 3 is 2.12 bits per heavy atom. The predicted octanol–water partition coefficient (Wildman–Crippen LogP) is 4.04. The largest absolute Gasteiger partial charge is 0.508 e. The lowest BCUT2D eigenvalue weighted by Crippen LogP contribution is -1.82. The second kappa shape index (κ2) is 11.5. The summed E-state index contributed by atoms with van der Waals surface area (Å²) >= 11 is 0. The summed E-state index contributed by atoms with van der Waals surface area (Å²) < 4.78 is 0. The molecular weight excluding hydrogens is 212 g/mol. The van der Waals surface area contributed by atoms with E-state index in [1.165, 1.54) is 32.1 Å². The minimum absolute atomic E-state index is 0.338. The summed E-state index contributed by atoms with van der Waals surface area (Å²) in [6, 6.07) is 7.15. The van der Waals surface area contributed by atoms with Crippen LogP contribution in [0, 0.1) is 6.92 Å². The fourth-order valence-corrected chi connectivity index (χ4v) is 1.52. The summed E-state index contributed by atoms with van der Waals surface area (Å²) in [7, 11) is 0. The third-order valence-corrected chi connectivity index (χ3v) is 2.51. The van der Waals surface area contributed by atoms with Crippen LogP contribution in [0.4, 0.5) is 0 Å². The zero-order valence-electron chi connectivity index (χ0n) is 11.2. The van der Waals surface area contributed by atoms with Crippen molar-refractivity contribution in [3.05, 3.63) is 29.8 Å². The summed E-state index contributed by atoms with van der Waals surface area (Å²) in [5, 5.41) is 17.2. The van der Waals surface area contributed by atoms with E-state index in [1.807, 2.05) is 19.1 Å². The monoisotopic (exact) mass is 238 g/mol. The molecule has 1 rings (SSSR count). The molecule has 0 aliphatic heterocycles. The molecule has 0 aliphatic carbocycles. The van der Waals surface area contributed by atoms with Crippen LogP contribution in [0.25, 0.3) is 0 Å². The highest BCUT2D eigenvalue weighted by molar-refractivity contribution is 5.25. The number of phenolic OH excluding ortho intramolecular Hbond substituents is 1. The van der Waals surface area contributed by atoms with Gasteiger partial charge >= 0.3 is 0 Å².